The molecule has 0 bridgehead atoms. The van der Waals surface area contributed by atoms with E-state index in [1.165, 1.54) is 36.0 Å². The molecule has 0 aliphatic rings. The molecule has 0 amide bonds. The van der Waals surface area contributed by atoms with Crippen LogP contribution in [0.25, 0.3) is 5.65 Å². The minimum atomic E-state index is -0.661. The van der Waals surface area contributed by atoms with E-state index >= 15 is 0 Å². The molecule has 0 spiro atoms. The topological polar surface area (TPSA) is 59.7 Å². The lowest BCUT2D eigenvalue weighted by Gasteiger charge is -2.11. The minimum Gasteiger partial charge on any atom is -0.491 e. The number of benzene rings is 1. The summed E-state index contributed by atoms with van der Waals surface area (Å²) in [6.45, 7) is 0.134. The van der Waals surface area contributed by atoms with Gasteiger partial charge in [0.05, 0.1) is 6.10 Å². The maximum absolute atomic E-state index is 12.8. The van der Waals surface area contributed by atoms with Crippen molar-refractivity contribution in [2.45, 2.75) is 11.3 Å². The summed E-state index contributed by atoms with van der Waals surface area (Å²) >= 11 is 1.40. The number of pyridine rings is 1. The number of thioether (sulfide) groups is 1. The van der Waals surface area contributed by atoms with Gasteiger partial charge < -0.3 is 9.84 Å². The van der Waals surface area contributed by atoms with Gasteiger partial charge in [-0.05, 0) is 36.4 Å². The molecule has 7 heteroatoms. The standard InChI is InChI=1S/C15H14FN3O2S/c16-11-4-6-13(7-5-11)21-9-12(20)10-22-15-18-17-14-3-1-2-8-19(14)15/h1-8,12,20H,9-10H2/t12-/m1/s1. The molecule has 114 valence electrons. The van der Waals surface area contributed by atoms with Crippen LogP contribution in [0.4, 0.5) is 4.39 Å². The lowest BCUT2D eigenvalue weighted by Crippen LogP contribution is -2.20. The Morgan fingerprint density at radius 3 is 2.82 bits per heavy atom. The van der Waals surface area contributed by atoms with E-state index in [0.29, 0.717) is 11.5 Å². The van der Waals surface area contributed by atoms with E-state index in [1.54, 1.807) is 0 Å². The number of rotatable bonds is 6. The number of fused-ring (bicyclic) bond motifs is 1. The Bertz CT molecular complexity index is 748. The fourth-order valence-corrected chi connectivity index (χ4v) is 2.69. The minimum absolute atomic E-state index is 0.134. The van der Waals surface area contributed by atoms with Crippen molar-refractivity contribution in [2.75, 3.05) is 12.4 Å². The highest BCUT2D eigenvalue weighted by molar-refractivity contribution is 7.99. The molecule has 3 rings (SSSR count). The van der Waals surface area contributed by atoms with E-state index < -0.39 is 6.10 Å². The van der Waals surface area contributed by atoms with Gasteiger partial charge in [-0.1, -0.05) is 17.8 Å². The summed E-state index contributed by atoms with van der Waals surface area (Å²) in [5, 5.41) is 18.8. The van der Waals surface area contributed by atoms with Gasteiger partial charge in [-0.25, -0.2) is 4.39 Å². The van der Waals surface area contributed by atoms with Gasteiger partial charge >= 0.3 is 0 Å². The van der Waals surface area contributed by atoms with Crippen LogP contribution in [0.5, 0.6) is 5.75 Å². The quantitative estimate of drug-likeness (QED) is 0.707. The zero-order valence-corrected chi connectivity index (χ0v) is 12.4. The van der Waals surface area contributed by atoms with Gasteiger partial charge in [0.1, 0.15) is 18.2 Å². The van der Waals surface area contributed by atoms with Crippen molar-refractivity contribution in [1.82, 2.24) is 14.6 Å². The highest BCUT2D eigenvalue weighted by Gasteiger charge is 2.10. The number of nitrogens with zero attached hydrogens (tertiary/aromatic N) is 3. The van der Waals surface area contributed by atoms with Gasteiger partial charge in [-0.15, -0.1) is 10.2 Å². The third kappa shape index (κ3) is 3.55. The molecule has 1 N–H and O–H groups in total. The summed E-state index contributed by atoms with van der Waals surface area (Å²) in [5.74, 6) is 0.636. The molecular formula is C15H14FN3O2S. The molecule has 2 aromatic heterocycles. The molecule has 0 unspecified atom stereocenters. The Morgan fingerprint density at radius 2 is 2.00 bits per heavy atom. The maximum atomic E-state index is 12.8. The number of hydrogen-bond acceptors (Lipinski definition) is 5. The Morgan fingerprint density at radius 1 is 1.18 bits per heavy atom. The van der Waals surface area contributed by atoms with Crippen LogP contribution in [0.1, 0.15) is 0 Å². The molecule has 22 heavy (non-hydrogen) atoms. The van der Waals surface area contributed by atoms with Crippen LogP contribution in [-0.2, 0) is 0 Å². The Labute approximate surface area is 130 Å². The molecule has 0 radical (unpaired) electrons. The molecule has 0 saturated carbocycles. The van der Waals surface area contributed by atoms with Crippen molar-refractivity contribution in [3.63, 3.8) is 0 Å². The molecule has 0 saturated heterocycles. The third-order valence-electron chi connectivity index (χ3n) is 2.94. The van der Waals surface area contributed by atoms with Crippen molar-refractivity contribution < 1.29 is 14.2 Å². The summed E-state index contributed by atoms with van der Waals surface area (Å²) in [4.78, 5) is 0. The largest absolute Gasteiger partial charge is 0.491 e. The predicted octanol–water partition coefficient (Wildman–Crippen LogP) is 2.40. The van der Waals surface area contributed by atoms with Crippen LogP contribution in [0.15, 0.2) is 53.8 Å². The Hall–Kier alpha value is -2.12. The summed E-state index contributed by atoms with van der Waals surface area (Å²) < 4.78 is 20.0. The van der Waals surface area contributed by atoms with Gasteiger partial charge in [0, 0.05) is 11.9 Å². The molecule has 3 aromatic rings. The lowest BCUT2D eigenvalue weighted by molar-refractivity contribution is 0.126. The monoisotopic (exact) mass is 319 g/mol. The van der Waals surface area contributed by atoms with Crippen molar-refractivity contribution >= 4 is 17.4 Å². The predicted molar refractivity (Wildman–Crippen MR) is 81.6 cm³/mol. The molecule has 5 nitrogen and oxygen atoms in total. The molecule has 0 aliphatic carbocycles. The molecule has 2 heterocycles. The summed E-state index contributed by atoms with van der Waals surface area (Å²) in [6, 6.07) is 11.4. The second-order valence-corrected chi connectivity index (χ2v) is 5.63. The first-order valence-electron chi connectivity index (χ1n) is 6.71. The summed E-state index contributed by atoms with van der Waals surface area (Å²) in [5.41, 5.74) is 0.766. The van der Waals surface area contributed by atoms with E-state index in [0.717, 1.165) is 10.8 Å². The Balaban J connectivity index is 1.52. The van der Waals surface area contributed by atoms with Crippen molar-refractivity contribution in [1.29, 1.82) is 0 Å². The van der Waals surface area contributed by atoms with Gasteiger partial charge in [-0.2, -0.15) is 0 Å². The highest BCUT2D eigenvalue weighted by atomic mass is 32.2. The third-order valence-corrected chi connectivity index (χ3v) is 4.03. The van der Waals surface area contributed by atoms with Crippen LogP contribution in [0.2, 0.25) is 0 Å². The van der Waals surface area contributed by atoms with Gasteiger partial charge in [0.15, 0.2) is 10.8 Å². The average molecular weight is 319 g/mol. The van der Waals surface area contributed by atoms with Crippen molar-refractivity contribution in [3.8, 4) is 5.75 Å². The van der Waals surface area contributed by atoms with E-state index in [9.17, 15) is 9.50 Å². The number of ether oxygens (including phenoxy) is 1. The van der Waals surface area contributed by atoms with Crippen molar-refractivity contribution in [2.24, 2.45) is 0 Å². The second-order valence-electron chi connectivity index (χ2n) is 4.64. The van der Waals surface area contributed by atoms with E-state index in [1.807, 2.05) is 28.8 Å². The van der Waals surface area contributed by atoms with Crippen LogP contribution in [0, 0.1) is 5.82 Å². The lowest BCUT2D eigenvalue weighted by atomic mass is 10.3. The van der Waals surface area contributed by atoms with Crippen LogP contribution in [0.3, 0.4) is 0 Å². The molecule has 1 atom stereocenters. The highest BCUT2D eigenvalue weighted by Crippen LogP contribution is 2.18. The first-order valence-corrected chi connectivity index (χ1v) is 7.70. The fourth-order valence-electron chi connectivity index (χ4n) is 1.86. The average Bonchev–Trinajstić information content (AvgIpc) is 2.96. The summed E-state index contributed by atoms with van der Waals surface area (Å²) in [7, 11) is 0. The van der Waals surface area contributed by atoms with E-state index in [-0.39, 0.29) is 12.4 Å². The number of halogens is 1. The second kappa shape index (κ2) is 6.76. The maximum Gasteiger partial charge on any atom is 0.195 e. The molecule has 1 aromatic carbocycles. The zero-order chi connectivity index (χ0) is 15.4. The van der Waals surface area contributed by atoms with Crippen molar-refractivity contribution in [3.05, 3.63) is 54.5 Å². The summed E-state index contributed by atoms with van der Waals surface area (Å²) in [6.07, 6.45) is 1.21. The first-order chi connectivity index (χ1) is 10.7. The number of hydrogen-bond donors (Lipinski definition) is 1. The van der Waals surface area contributed by atoms with Gasteiger partial charge in [0.25, 0.3) is 0 Å². The number of aliphatic hydroxyl groups is 1. The fraction of sp³-hybridized carbons (Fsp3) is 0.200. The first kappa shape index (κ1) is 14.8. The molecular weight excluding hydrogens is 305 g/mol. The zero-order valence-electron chi connectivity index (χ0n) is 11.6. The van der Waals surface area contributed by atoms with Crippen LogP contribution < -0.4 is 4.74 Å². The SMILES string of the molecule is O[C@H](COc1ccc(F)cc1)CSc1nnc2ccccn12. The molecule has 0 fully saturated rings. The smallest absolute Gasteiger partial charge is 0.195 e. The number of aliphatic hydroxyl groups excluding tert-OH is 1. The van der Waals surface area contributed by atoms with Gasteiger partial charge in [-0.3, -0.25) is 4.40 Å². The normalized spacial score (nSPS) is 12.5. The van der Waals surface area contributed by atoms with E-state index in [4.69, 9.17) is 4.74 Å². The number of aromatic nitrogens is 3. The van der Waals surface area contributed by atoms with E-state index in [2.05, 4.69) is 10.2 Å². The Kier molecular flexibility index (Phi) is 4.55. The molecule has 0 aliphatic heterocycles. The van der Waals surface area contributed by atoms with Gasteiger partial charge in [0.2, 0.25) is 0 Å². The van der Waals surface area contributed by atoms with Crippen LogP contribution in [-0.4, -0.2) is 38.2 Å². The van der Waals surface area contributed by atoms with Crippen LogP contribution >= 0.6 is 11.8 Å².